The predicted molar refractivity (Wildman–Crippen MR) is 357 cm³/mol. The van der Waals surface area contributed by atoms with Gasteiger partial charge in [-0.25, -0.2) is 0 Å². The van der Waals surface area contributed by atoms with E-state index in [-0.39, 0.29) is 31.1 Å². The Kier molecular flexibility index (Phi) is 66.7. The molecule has 0 aliphatic heterocycles. The van der Waals surface area contributed by atoms with Crippen LogP contribution in [-0.4, -0.2) is 37.2 Å². The Morgan fingerprint density at radius 2 is 0.476 bits per heavy atom. The number of rotatable bonds is 64. The molecule has 0 aromatic rings. The van der Waals surface area contributed by atoms with E-state index in [0.29, 0.717) is 19.3 Å². The molecular formula is C76H132O6. The maximum Gasteiger partial charge on any atom is 0.306 e. The number of hydrogen-bond donors (Lipinski definition) is 0. The summed E-state index contributed by atoms with van der Waals surface area (Å²) in [6.07, 6.45) is 94.3. The lowest BCUT2D eigenvalue weighted by Gasteiger charge is -2.18. The zero-order valence-corrected chi connectivity index (χ0v) is 54.2. The van der Waals surface area contributed by atoms with Gasteiger partial charge in [0, 0.05) is 19.3 Å². The van der Waals surface area contributed by atoms with Crippen LogP contribution in [0.1, 0.15) is 348 Å². The highest BCUT2D eigenvalue weighted by molar-refractivity contribution is 5.71. The molecule has 0 spiro atoms. The standard InChI is InChI=1S/C76H132O6/c1-4-7-10-13-16-19-22-25-28-29-30-31-32-33-34-35-36-37-38-39-40-41-42-43-44-45-46-47-49-51-54-57-60-63-66-69-75(78)81-72-73(71-80-74(77)68-65-62-59-56-53-50-27-24-21-18-15-12-9-6-3)82-76(79)70-67-64-61-58-55-52-48-26-23-20-17-14-11-8-5-2/h7,10,16,19,24-25,27-28,30-31,33-34,36-37,39-40,73H,4-6,8-9,11-15,17-18,20-23,26,29,32,35,38,41-72H2,1-3H3/b10-7-,19-16-,27-24-,28-25-,31-30-,34-33-,37-36-,40-39-. The molecule has 0 aliphatic carbocycles. The van der Waals surface area contributed by atoms with Crippen LogP contribution in [0, 0.1) is 0 Å². The van der Waals surface area contributed by atoms with Crippen molar-refractivity contribution in [1.29, 1.82) is 0 Å². The Labute approximate surface area is 508 Å². The van der Waals surface area contributed by atoms with E-state index >= 15 is 0 Å². The van der Waals surface area contributed by atoms with Crippen LogP contribution in [0.3, 0.4) is 0 Å². The molecule has 6 nitrogen and oxygen atoms in total. The normalized spacial score (nSPS) is 12.7. The molecule has 1 atom stereocenters. The topological polar surface area (TPSA) is 78.9 Å². The van der Waals surface area contributed by atoms with Crippen LogP contribution in [0.5, 0.6) is 0 Å². The molecule has 0 aliphatic rings. The fraction of sp³-hybridized carbons (Fsp3) is 0.750. The first-order valence-electron chi connectivity index (χ1n) is 35.2. The van der Waals surface area contributed by atoms with Crippen molar-refractivity contribution in [3.05, 3.63) is 97.2 Å². The van der Waals surface area contributed by atoms with Crippen molar-refractivity contribution in [3.63, 3.8) is 0 Å². The molecule has 0 radical (unpaired) electrons. The van der Waals surface area contributed by atoms with Gasteiger partial charge in [0.1, 0.15) is 13.2 Å². The summed E-state index contributed by atoms with van der Waals surface area (Å²) >= 11 is 0. The molecule has 0 saturated carbocycles. The lowest BCUT2D eigenvalue weighted by atomic mass is 10.0. The molecule has 0 saturated heterocycles. The summed E-state index contributed by atoms with van der Waals surface area (Å²) in [7, 11) is 0. The van der Waals surface area contributed by atoms with Gasteiger partial charge in [-0.1, -0.05) is 323 Å². The summed E-state index contributed by atoms with van der Waals surface area (Å²) in [4.78, 5) is 38.4. The van der Waals surface area contributed by atoms with Gasteiger partial charge >= 0.3 is 17.9 Å². The highest BCUT2D eigenvalue weighted by atomic mass is 16.6. The largest absolute Gasteiger partial charge is 0.462 e. The number of carbonyl (C=O) groups is 3. The van der Waals surface area contributed by atoms with E-state index in [1.165, 1.54) is 199 Å². The second-order valence-electron chi connectivity index (χ2n) is 23.4. The molecule has 472 valence electrons. The second-order valence-corrected chi connectivity index (χ2v) is 23.4. The van der Waals surface area contributed by atoms with Gasteiger partial charge in [0.05, 0.1) is 0 Å². The summed E-state index contributed by atoms with van der Waals surface area (Å²) in [6, 6.07) is 0. The third-order valence-electron chi connectivity index (χ3n) is 15.3. The van der Waals surface area contributed by atoms with Crippen LogP contribution < -0.4 is 0 Å². The van der Waals surface area contributed by atoms with Crippen molar-refractivity contribution >= 4 is 17.9 Å². The van der Waals surface area contributed by atoms with Crippen molar-refractivity contribution in [1.82, 2.24) is 0 Å². The summed E-state index contributed by atoms with van der Waals surface area (Å²) in [5, 5.41) is 0. The van der Waals surface area contributed by atoms with Crippen molar-refractivity contribution in [2.24, 2.45) is 0 Å². The van der Waals surface area contributed by atoms with Gasteiger partial charge in [-0.3, -0.25) is 14.4 Å². The van der Waals surface area contributed by atoms with Crippen LogP contribution in [-0.2, 0) is 28.6 Å². The van der Waals surface area contributed by atoms with Crippen LogP contribution in [0.15, 0.2) is 97.2 Å². The lowest BCUT2D eigenvalue weighted by molar-refractivity contribution is -0.167. The van der Waals surface area contributed by atoms with Gasteiger partial charge in [-0.2, -0.15) is 0 Å². The zero-order chi connectivity index (χ0) is 59.2. The number of ether oxygens (including phenoxy) is 3. The van der Waals surface area contributed by atoms with Crippen LogP contribution in [0.25, 0.3) is 0 Å². The van der Waals surface area contributed by atoms with Gasteiger partial charge in [0.25, 0.3) is 0 Å². The van der Waals surface area contributed by atoms with Crippen molar-refractivity contribution in [2.75, 3.05) is 13.2 Å². The summed E-state index contributed by atoms with van der Waals surface area (Å²) in [6.45, 7) is 6.55. The molecule has 0 N–H and O–H groups in total. The summed E-state index contributed by atoms with van der Waals surface area (Å²) < 4.78 is 17.0. The summed E-state index contributed by atoms with van der Waals surface area (Å²) in [5.41, 5.74) is 0. The number of carbonyl (C=O) groups excluding carboxylic acids is 3. The smallest absolute Gasteiger partial charge is 0.306 e. The molecule has 0 bridgehead atoms. The van der Waals surface area contributed by atoms with E-state index in [9.17, 15) is 14.4 Å². The van der Waals surface area contributed by atoms with E-state index in [2.05, 4.69) is 118 Å². The molecule has 0 amide bonds. The maximum atomic E-state index is 12.9. The Morgan fingerprint density at radius 1 is 0.256 bits per heavy atom. The minimum atomic E-state index is -0.779. The van der Waals surface area contributed by atoms with Crippen molar-refractivity contribution in [2.45, 2.75) is 354 Å². The minimum Gasteiger partial charge on any atom is -0.462 e. The van der Waals surface area contributed by atoms with Gasteiger partial charge in [-0.15, -0.1) is 0 Å². The molecule has 0 aromatic carbocycles. The van der Waals surface area contributed by atoms with Crippen molar-refractivity contribution < 1.29 is 28.6 Å². The Hall–Kier alpha value is -3.67. The van der Waals surface area contributed by atoms with E-state index in [4.69, 9.17) is 14.2 Å². The number of allylic oxidation sites excluding steroid dienone is 16. The Balaban J connectivity index is 4.17. The third-order valence-corrected chi connectivity index (χ3v) is 15.3. The number of esters is 3. The molecule has 0 aromatic heterocycles. The van der Waals surface area contributed by atoms with Gasteiger partial charge in [-0.05, 0) is 103 Å². The van der Waals surface area contributed by atoms with Gasteiger partial charge in [0.15, 0.2) is 6.10 Å². The average Bonchev–Trinajstić information content (AvgIpc) is 3.48. The molecule has 0 heterocycles. The van der Waals surface area contributed by atoms with Crippen LogP contribution in [0.2, 0.25) is 0 Å². The monoisotopic (exact) mass is 1140 g/mol. The van der Waals surface area contributed by atoms with Crippen LogP contribution in [0.4, 0.5) is 0 Å². The molecule has 6 heteroatoms. The molecule has 1 unspecified atom stereocenters. The summed E-state index contributed by atoms with van der Waals surface area (Å²) in [5.74, 6) is -0.867. The fourth-order valence-electron chi connectivity index (χ4n) is 10.1. The number of hydrogen-bond acceptors (Lipinski definition) is 6. The highest BCUT2D eigenvalue weighted by Gasteiger charge is 2.19. The lowest BCUT2D eigenvalue weighted by Crippen LogP contribution is -2.30. The predicted octanol–water partition coefficient (Wildman–Crippen LogP) is 24.4. The molecule has 0 rings (SSSR count). The number of unbranched alkanes of at least 4 members (excludes halogenated alkanes) is 37. The average molecular weight is 1140 g/mol. The quantitative estimate of drug-likeness (QED) is 0.0261. The maximum absolute atomic E-state index is 12.9. The van der Waals surface area contributed by atoms with Gasteiger partial charge in [0.2, 0.25) is 0 Å². The SMILES string of the molecule is CC/C=C\C/C=C\C/C=C\C/C=C\C/C=C\C/C=C\C/C=C\CCCCCCCCCCCCCCCC(=O)OCC(COC(=O)CCCCCCC/C=C\CCCCCCC)OC(=O)CCCCCCCCCCCCCCCCC. The Bertz CT molecular complexity index is 1590. The van der Waals surface area contributed by atoms with E-state index in [1.54, 1.807) is 0 Å². The molecule has 0 fully saturated rings. The zero-order valence-electron chi connectivity index (χ0n) is 54.2. The first-order valence-corrected chi connectivity index (χ1v) is 35.2. The first-order chi connectivity index (χ1) is 40.5. The van der Waals surface area contributed by atoms with E-state index in [0.717, 1.165) is 109 Å². The minimum absolute atomic E-state index is 0.0757. The second kappa shape index (κ2) is 69.8. The molecule has 82 heavy (non-hydrogen) atoms. The Morgan fingerprint density at radius 3 is 0.756 bits per heavy atom. The van der Waals surface area contributed by atoms with Gasteiger partial charge < -0.3 is 14.2 Å². The van der Waals surface area contributed by atoms with Crippen molar-refractivity contribution in [3.8, 4) is 0 Å². The fourth-order valence-corrected chi connectivity index (χ4v) is 10.1. The highest BCUT2D eigenvalue weighted by Crippen LogP contribution is 2.17. The molecular weight excluding hydrogens is 1010 g/mol. The van der Waals surface area contributed by atoms with E-state index < -0.39 is 6.10 Å². The van der Waals surface area contributed by atoms with Crippen LogP contribution >= 0.6 is 0 Å². The first kappa shape index (κ1) is 78.3. The third kappa shape index (κ3) is 67.1. The van der Waals surface area contributed by atoms with E-state index in [1.807, 2.05) is 0 Å².